The van der Waals surface area contributed by atoms with Gasteiger partial charge in [-0.1, -0.05) is 142 Å². The molecule has 3 aromatic heterocycles. The number of aryl methyl sites for hydroxylation is 2. The monoisotopic (exact) mass is 805 g/mol. The molecule has 3 heterocycles. The average Bonchev–Trinajstić information content (AvgIpc) is 3.88. The standard InChI is InChI=1S/C55H47N7/c1-34(2)38-23-27-45(28-24-38)61-49-13-9-7-11-47(49)56-54(61)42-19-15-40(16-20-42)51-58-52(60-53(59-51)44-32-36(5)31-37(6)33-44)41-17-21-43(22-18-41)55-57-48-12-8-10-14-50(48)62(55)46-29-25-39(26-30-46)35(3)4/h7-35H,1-6H3. The highest BCUT2D eigenvalue weighted by Gasteiger charge is 2.19. The van der Waals surface area contributed by atoms with Crippen molar-refractivity contribution in [2.45, 2.75) is 53.4 Å². The van der Waals surface area contributed by atoms with E-state index in [-0.39, 0.29) is 0 Å². The van der Waals surface area contributed by atoms with Crippen molar-refractivity contribution >= 4 is 22.1 Å². The van der Waals surface area contributed by atoms with E-state index in [4.69, 9.17) is 24.9 Å². The van der Waals surface area contributed by atoms with Gasteiger partial charge in [0.25, 0.3) is 0 Å². The van der Waals surface area contributed by atoms with Crippen molar-refractivity contribution in [2.24, 2.45) is 0 Å². The molecule has 0 N–H and O–H groups in total. The van der Waals surface area contributed by atoms with E-state index in [1.54, 1.807) is 0 Å². The van der Waals surface area contributed by atoms with Crippen molar-refractivity contribution in [1.82, 2.24) is 34.1 Å². The third-order valence-corrected chi connectivity index (χ3v) is 11.7. The molecular formula is C55H47N7. The second-order valence-corrected chi connectivity index (χ2v) is 16.8. The van der Waals surface area contributed by atoms with Crippen LogP contribution in [0.25, 0.3) is 90.4 Å². The number of aromatic nitrogens is 7. The van der Waals surface area contributed by atoms with Crippen LogP contribution in [0.15, 0.2) is 164 Å². The topological polar surface area (TPSA) is 74.3 Å². The SMILES string of the molecule is Cc1cc(C)cc(-c2nc(-c3ccc(-c4nc5ccccc5n4-c4ccc(C(C)C)cc4)cc3)nc(-c3ccc(-c4nc5ccccc5n4-c4ccc(C(C)C)cc4)cc3)n2)c1. The third-order valence-electron chi connectivity index (χ3n) is 11.7. The van der Waals surface area contributed by atoms with Crippen molar-refractivity contribution in [3.63, 3.8) is 0 Å². The Morgan fingerprint density at radius 3 is 1.10 bits per heavy atom. The molecule has 0 aliphatic heterocycles. The first kappa shape index (κ1) is 38.7. The summed E-state index contributed by atoms with van der Waals surface area (Å²) in [5.41, 5.74) is 15.8. The van der Waals surface area contributed by atoms with E-state index in [1.165, 1.54) is 11.1 Å². The molecule has 0 saturated heterocycles. The summed E-state index contributed by atoms with van der Waals surface area (Å²) in [7, 11) is 0. The predicted octanol–water partition coefficient (Wildman–Crippen LogP) is 13.7. The lowest BCUT2D eigenvalue weighted by molar-refractivity contribution is 0.865. The number of para-hydroxylation sites is 4. The summed E-state index contributed by atoms with van der Waals surface area (Å²) < 4.78 is 4.49. The van der Waals surface area contributed by atoms with Gasteiger partial charge in [0.05, 0.1) is 22.1 Å². The van der Waals surface area contributed by atoms with Crippen molar-refractivity contribution in [2.75, 3.05) is 0 Å². The van der Waals surface area contributed by atoms with Gasteiger partial charge in [-0.25, -0.2) is 24.9 Å². The van der Waals surface area contributed by atoms with E-state index >= 15 is 0 Å². The van der Waals surface area contributed by atoms with Crippen LogP contribution < -0.4 is 0 Å². The highest BCUT2D eigenvalue weighted by Crippen LogP contribution is 2.34. The summed E-state index contributed by atoms with van der Waals surface area (Å²) in [6.07, 6.45) is 0. The highest BCUT2D eigenvalue weighted by atomic mass is 15.1. The Balaban J connectivity index is 1.04. The van der Waals surface area contributed by atoms with E-state index in [2.05, 4.69) is 202 Å². The quantitative estimate of drug-likeness (QED) is 0.145. The number of benzene rings is 7. The Morgan fingerprint density at radius 1 is 0.355 bits per heavy atom. The maximum Gasteiger partial charge on any atom is 0.164 e. The van der Waals surface area contributed by atoms with Crippen LogP contribution in [-0.2, 0) is 0 Å². The van der Waals surface area contributed by atoms with Gasteiger partial charge in [-0.05, 0) is 97.5 Å². The van der Waals surface area contributed by atoms with E-state index in [0.29, 0.717) is 29.3 Å². The lowest BCUT2D eigenvalue weighted by Crippen LogP contribution is -2.01. The number of hydrogen-bond donors (Lipinski definition) is 0. The van der Waals surface area contributed by atoms with Crippen LogP contribution in [0.5, 0.6) is 0 Å². The maximum atomic E-state index is 5.13. The summed E-state index contributed by atoms with van der Waals surface area (Å²) in [6.45, 7) is 13.1. The van der Waals surface area contributed by atoms with Gasteiger partial charge in [-0.15, -0.1) is 0 Å². The van der Waals surface area contributed by atoms with Crippen LogP contribution in [0.3, 0.4) is 0 Å². The molecule has 0 atom stereocenters. The summed E-state index contributed by atoms with van der Waals surface area (Å²) in [5.74, 6) is 4.50. The van der Waals surface area contributed by atoms with Crippen LogP contribution in [0.1, 0.15) is 61.8 Å². The molecule has 62 heavy (non-hydrogen) atoms. The summed E-state index contributed by atoms with van der Waals surface area (Å²) >= 11 is 0. The van der Waals surface area contributed by atoms with Crippen LogP contribution in [0.2, 0.25) is 0 Å². The van der Waals surface area contributed by atoms with Gasteiger partial charge in [-0.3, -0.25) is 9.13 Å². The molecule has 0 saturated carbocycles. The molecule has 10 aromatic rings. The molecule has 7 heteroatoms. The minimum absolute atomic E-state index is 0.455. The molecule has 0 aliphatic rings. The Hall–Kier alpha value is -7.51. The molecule has 0 unspecified atom stereocenters. The molecular weight excluding hydrogens is 759 g/mol. The maximum absolute atomic E-state index is 5.13. The van der Waals surface area contributed by atoms with Gasteiger partial charge >= 0.3 is 0 Å². The molecule has 0 fully saturated rings. The Labute approximate surface area is 362 Å². The minimum Gasteiger partial charge on any atom is -0.292 e. The Bertz CT molecular complexity index is 3010. The Kier molecular flexibility index (Phi) is 9.87. The zero-order valence-electron chi connectivity index (χ0n) is 35.9. The number of rotatable bonds is 9. The molecule has 0 radical (unpaired) electrons. The largest absolute Gasteiger partial charge is 0.292 e. The molecule has 7 nitrogen and oxygen atoms in total. The van der Waals surface area contributed by atoms with Crippen molar-refractivity contribution in [1.29, 1.82) is 0 Å². The molecule has 0 aliphatic carbocycles. The average molecular weight is 806 g/mol. The molecule has 10 rings (SSSR count). The second-order valence-electron chi connectivity index (χ2n) is 16.8. The fraction of sp³-hybridized carbons (Fsp3) is 0.145. The first-order chi connectivity index (χ1) is 30.2. The van der Waals surface area contributed by atoms with Gasteiger partial charge in [0.15, 0.2) is 17.5 Å². The molecule has 302 valence electrons. The fourth-order valence-electron chi connectivity index (χ4n) is 8.38. The number of nitrogens with zero attached hydrogens (tertiary/aromatic N) is 7. The smallest absolute Gasteiger partial charge is 0.164 e. The van der Waals surface area contributed by atoms with Crippen molar-refractivity contribution in [3.8, 4) is 68.3 Å². The van der Waals surface area contributed by atoms with Crippen LogP contribution in [0.4, 0.5) is 0 Å². The Morgan fingerprint density at radius 2 is 0.710 bits per heavy atom. The van der Waals surface area contributed by atoms with Gasteiger partial charge in [0.2, 0.25) is 0 Å². The zero-order valence-corrected chi connectivity index (χ0v) is 35.9. The lowest BCUT2D eigenvalue weighted by Gasteiger charge is -2.13. The normalized spacial score (nSPS) is 11.7. The van der Waals surface area contributed by atoms with E-state index in [0.717, 1.165) is 84.0 Å². The summed E-state index contributed by atoms with van der Waals surface area (Å²) in [5, 5.41) is 0. The van der Waals surface area contributed by atoms with Gasteiger partial charge < -0.3 is 0 Å². The zero-order chi connectivity index (χ0) is 42.5. The number of hydrogen-bond acceptors (Lipinski definition) is 5. The number of fused-ring (bicyclic) bond motifs is 2. The van der Waals surface area contributed by atoms with E-state index in [9.17, 15) is 0 Å². The first-order valence-corrected chi connectivity index (χ1v) is 21.4. The minimum atomic E-state index is 0.455. The molecule has 0 bridgehead atoms. The predicted molar refractivity (Wildman–Crippen MR) is 254 cm³/mol. The number of imidazole rings is 2. The van der Waals surface area contributed by atoms with Gasteiger partial charge in [0, 0.05) is 39.2 Å². The molecule has 7 aromatic carbocycles. The highest BCUT2D eigenvalue weighted by molar-refractivity contribution is 5.85. The van der Waals surface area contributed by atoms with Gasteiger partial charge in [0.1, 0.15) is 11.6 Å². The first-order valence-electron chi connectivity index (χ1n) is 21.4. The fourth-order valence-corrected chi connectivity index (χ4v) is 8.38. The van der Waals surface area contributed by atoms with Crippen LogP contribution in [-0.4, -0.2) is 34.1 Å². The second kappa shape index (κ2) is 15.8. The summed E-state index contributed by atoms with van der Waals surface area (Å²) in [6, 6.07) is 57.5. The third kappa shape index (κ3) is 7.26. The lowest BCUT2D eigenvalue weighted by atomic mass is 10.0. The van der Waals surface area contributed by atoms with Crippen LogP contribution in [0, 0.1) is 13.8 Å². The summed E-state index contributed by atoms with van der Waals surface area (Å²) in [4.78, 5) is 25.6. The molecule has 0 amide bonds. The van der Waals surface area contributed by atoms with Crippen molar-refractivity contribution < 1.29 is 0 Å². The van der Waals surface area contributed by atoms with Crippen LogP contribution >= 0.6 is 0 Å². The van der Waals surface area contributed by atoms with Gasteiger partial charge in [-0.2, -0.15) is 0 Å². The van der Waals surface area contributed by atoms with Crippen molar-refractivity contribution in [3.05, 3.63) is 186 Å². The molecule has 0 spiro atoms. The van der Waals surface area contributed by atoms with E-state index < -0.39 is 0 Å². The van der Waals surface area contributed by atoms with E-state index in [1.807, 2.05) is 12.1 Å².